The molecule has 33 heavy (non-hydrogen) atoms. The highest BCUT2D eigenvalue weighted by Gasteiger charge is 2.20. The molecule has 0 bridgehead atoms. The molecule has 9 nitrogen and oxygen atoms in total. The fourth-order valence-electron chi connectivity index (χ4n) is 3.19. The van der Waals surface area contributed by atoms with Gasteiger partial charge in [0.25, 0.3) is 5.56 Å². The lowest BCUT2D eigenvalue weighted by Crippen LogP contribution is -2.34. The maximum atomic E-state index is 12.5. The molecule has 1 atom stereocenters. The number of esters is 1. The minimum atomic E-state index is -0.778. The van der Waals surface area contributed by atoms with Gasteiger partial charge in [-0.25, -0.2) is 9.78 Å². The van der Waals surface area contributed by atoms with E-state index in [1.54, 1.807) is 35.8 Å². The van der Waals surface area contributed by atoms with Crippen LogP contribution in [0.3, 0.4) is 0 Å². The number of hydrogen-bond acceptors (Lipinski definition) is 7. The Morgan fingerprint density at radius 1 is 1.09 bits per heavy atom. The normalized spacial score (nSPS) is 11.6. The number of rotatable bonds is 8. The van der Waals surface area contributed by atoms with E-state index >= 15 is 0 Å². The monoisotopic (exact) mass is 464 g/mol. The number of benzene rings is 2. The van der Waals surface area contributed by atoms with Crippen molar-refractivity contribution in [2.75, 3.05) is 0 Å². The van der Waals surface area contributed by atoms with Gasteiger partial charge in [-0.2, -0.15) is 0 Å². The molecule has 4 aromatic rings. The number of urea groups is 1. The zero-order valence-electron chi connectivity index (χ0n) is 17.3. The van der Waals surface area contributed by atoms with E-state index in [2.05, 4.69) is 10.3 Å². The maximum absolute atomic E-state index is 12.5. The Bertz CT molecular complexity index is 1340. The number of aromatic nitrogens is 2. The quantitative estimate of drug-likeness (QED) is 0.385. The van der Waals surface area contributed by atoms with E-state index in [0.29, 0.717) is 27.7 Å². The van der Waals surface area contributed by atoms with Crippen molar-refractivity contribution in [2.45, 2.75) is 19.1 Å². The molecule has 3 N–H and O–H groups in total. The molecule has 2 heterocycles. The van der Waals surface area contributed by atoms with Gasteiger partial charge in [0.05, 0.1) is 18.2 Å². The number of amides is 2. The highest BCUT2D eigenvalue weighted by atomic mass is 32.1. The molecule has 168 valence electrons. The number of carbonyl (C=O) groups excluding carboxylic acids is 2. The Hall–Kier alpha value is -4.18. The summed E-state index contributed by atoms with van der Waals surface area (Å²) in [5.74, 6) is 0.605. The van der Waals surface area contributed by atoms with Gasteiger partial charge in [-0.15, -0.1) is 11.3 Å². The summed E-state index contributed by atoms with van der Waals surface area (Å²) in [6.07, 6.45) is 1.46. The van der Waals surface area contributed by atoms with Crippen molar-refractivity contribution >= 4 is 28.3 Å². The highest BCUT2D eigenvalue weighted by molar-refractivity contribution is 7.15. The van der Waals surface area contributed by atoms with E-state index in [1.165, 1.54) is 21.8 Å². The third kappa shape index (κ3) is 5.74. The van der Waals surface area contributed by atoms with Crippen LogP contribution in [0.4, 0.5) is 4.79 Å². The fourth-order valence-corrected chi connectivity index (χ4v) is 3.92. The maximum Gasteiger partial charge on any atom is 0.312 e. The Kier molecular flexibility index (Phi) is 6.65. The summed E-state index contributed by atoms with van der Waals surface area (Å²) in [7, 11) is 0. The van der Waals surface area contributed by atoms with Gasteiger partial charge in [0.15, 0.2) is 4.96 Å². The smallest absolute Gasteiger partial charge is 0.312 e. The molecule has 0 radical (unpaired) electrons. The number of primary amides is 1. The number of hydrogen-bond donors (Lipinski definition) is 2. The molecule has 0 aliphatic carbocycles. The van der Waals surface area contributed by atoms with Crippen molar-refractivity contribution < 1.29 is 19.1 Å². The first kappa shape index (κ1) is 22.0. The van der Waals surface area contributed by atoms with Crippen LogP contribution in [0.1, 0.15) is 23.7 Å². The zero-order chi connectivity index (χ0) is 23.2. The topological polar surface area (TPSA) is 125 Å². The summed E-state index contributed by atoms with van der Waals surface area (Å²) in [6.45, 7) is -0.164. The first-order valence-electron chi connectivity index (χ1n) is 9.98. The third-order valence-corrected chi connectivity index (χ3v) is 5.42. The van der Waals surface area contributed by atoms with Crippen molar-refractivity contribution in [1.82, 2.24) is 14.7 Å². The van der Waals surface area contributed by atoms with Crippen molar-refractivity contribution in [3.8, 4) is 11.5 Å². The minimum absolute atomic E-state index is 0.164. The number of nitrogens with zero attached hydrogens (tertiary/aromatic N) is 2. The van der Waals surface area contributed by atoms with E-state index in [4.69, 9.17) is 15.2 Å². The molecule has 0 saturated heterocycles. The fraction of sp³-hybridized carbons (Fsp3) is 0.130. The molecule has 2 amide bonds. The van der Waals surface area contributed by atoms with Gasteiger partial charge in [0.1, 0.15) is 18.1 Å². The molecular weight excluding hydrogens is 444 g/mol. The standard InChI is InChI=1S/C23H20N4O5S/c24-22(30)26-19(15-5-4-8-18(11-15)32-17-6-2-1-3-7-17)13-21(29)31-14-16-12-20(28)27-9-10-33-23(27)25-16/h1-12,19H,13-14H2,(H3,24,26,30). The van der Waals surface area contributed by atoms with Crippen LogP contribution in [-0.4, -0.2) is 21.4 Å². The van der Waals surface area contributed by atoms with Gasteiger partial charge in [0, 0.05) is 17.6 Å². The number of para-hydroxylation sites is 1. The van der Waals surface area contributed by atoms with Crippen LogP contribution < -0.4 is 21.3 Å². The first-order chi connectivity index (χ1) is 16.0. The number of carbonyl (C=O) groups is 2. The second-order valence-corrected chi connectivity index (χ2v) is 7.93. The lowest BCUT2D eigenvalue weighted by atomic mass is 10.0. The second-order valence-electron chi connectivity index (χ2n) is 7.05. The molecule has 0 aliphatic heterocycles. The van der Waals surface area contributed by atoms with E-state index in [9.17, 15) is 14.4 Å². The summed E-state index contributed by atoms with van der Waals surface area (Å²) in [6, 6.07) is 16.0. The van der Waals surface area contributed by atoms with Crippen molar-refractivity contribution in [1.29, 1.82) is 0 Å². The Balaban J connectivity index is 1.44. The van der Waals surface area contributed by atoms with Crippen LogP contribution in [-0.2, 0) is 16.1 Å². The molecule has 0 spiro atoms. The molecule has 0 fully saturated rings. The number of nitrogens with one attached hydrogen (secondary N) is 1. The summed E-state index contributed by atoms with van der Waals surface area (Å²) >= 11 is 1.30. The number of ether oxygens (including phenoxy) is 2. The lowest BCUT2D eigenvalue weighted by molar-refractivity contribution is -0.145. The number of thiazole rings is 1. The van der Waals surface area contributed by atoms with Crippen LogP contribution in [0.15, 0.2) is 77.0 Å². The van der Waals surface area contributed by atoms with Gasteiger partial charge in [-0.1, -0.05) is 30.3 Å². The average molecular weight is 465 g/mol. The van der Waals surface area contributed by atoms with Gasteiger partial charge in [0.2, 0.25) is 0 Å². The Morgan fingerprint density at radius 3 is 2.67 bits per heavy atom. The summed E-state index contributed by atoms with van der Waals surface area (Å²) in [5.41, 5.74) is 6.02. The molecular formula is C23H20N4O5S. The van der Waals surface area contributed by atoms with Crippen LogP contribution in [0, 0.1) is 0 Å². The van der Waals surface area contributed by atoms with E-state index < -0.39 is 18.0 Å². The van der Waals surface area contributed by atoms with E-state index in [1.807, 2.05) is 30.3 Å². The number of nitrogens with two attached hydrogens (primary N) is 1. The summed E-state index contributed by atoms with van der Waals surface area (Å²) in [5, 5.41) is 4.31. The molecule has 10 heteroatoms. The van der Waals surface area contributed by atoms with Gasteiger partial charge in [-0.3, -0.25) is 14.0 Å². The molecule has 0 saturated carbocycles. The molecule has 1 unspecified atom stereocenters. The van der Waals surface area contributed by atoms with Gasteiger partial charge >= 0.3 is 12.0 Å². The summed E-state index contributed by atoms with van der Waals surface area (Å²) in [4.78, 5) is 40.9. The minimum Gasteiger partial charge on any atom is -0.459 e. The Morgan fingerprint density at radius 2 is 1.88 bits per heavy atom. The van der Waals surface area contributed by atoms with Crippen molar-refractivity contribution in [2.24, 2.45) is 5.73 Å². The van der Waals surface area contributed by atoms with Crippen LogP contribution in [0.25, 0.3) is 4.96 Å². The van der Waals surface area contributed by atoms with E-state index in [-0.39, 0.29) is 18.6 Å². The first-order valence-corrected chi connectivity index (χ1v) is 10.9. The number of fused-ring (bicyclic) bond motifs is 1. The van der Waals surface area contributed by atoms with Crippen LogP contribution >= 0.6 is 11.3 Å². The van der Waals surface area contributed by atoms with E-state index in [0.717, 1.165) is 0 Å². The predicted octanol–water partition coefficient (Wildman–Crippen LogP) is 3.39. The molecule has 4 rings (SSSR count). The highest BCUT2D eigenvalue weighted by Crippen LogP contribution is 2.26. The largest absolute Gasteiger partial charge is 0.459 e. The molecule has 2 aromatic carbocycles. The second kappa shape index (κ2) is 9.96. The van der Waals surface area contributed by atoms with Crippen molar-refractivity contribution in [3.63, 3.8) is 0 Å². The zero-order valence-corrected chi connectivity index (χ0v) is 18.2. The molecule has 2 aromatic heterocycles. The third-order valence-electron chi connectivity index (χ3n) is 4.66. The average Bonchev–Trinajstić information content (AvgIpc) is 3.27. The molecule has 0 aliphatic rings. The van der Waals surface area contributed by atoms with Gasteiger partial charge in [-0.05, 0) is 29.8 Å². The van der Waals surface area contributed by atoms with Crippen LogP contribution in [0.2, 0.25) is 0 Å². The summed E-state index contributed by atoms with van der Waals surface area (Å²) < 4.78 is 12.5. The van der Waals surface area contributed by atoms with Crippen molar-refractivity contribution in [3.05, 3.63) is 93.9 Å². The van der Waals surface area contributed by atoms with Crippen LogP contribution in [0.5, 0.6) is 11.5 Å². The van der Waals surface area contributed by atoms with Gasteiger partial charge < -0.3 is 20.5 Å². The lowest BCUT2D eigenvalue weighted by Gasteiger charge is -2.18. The Labute approximate surface area is 192 Å². The predicted molar refractivity (Wildman–Crippen MR) is 122 cm³/mol. The SMILES string of the molecule is NC(=O)NC(CC(=O)OCc1cc(=O)n2ccsc2n1)c1cccc(Oc2ccccc2)c1.